The molecule has 0 aliphatic heterocycles. The number of rotatable bonds is 4. The number of halogens is 3. The molecule has 0 aromatic heterocycles. The summed E-state index contributed by atoms with van der Waals surface area (Å²) in [6, 6.07) is 32.3. The molecule has 41 heavy (non-hydrogen) atoms. The predicted octanol–water partition coefficient (Wildman–Crippen LogP) is 10.5. The van der Waals surface area contributed by atoms with E-state index in [1.54, 1.807) is 32.4 Å². The van der Waals surface area contributed by atoms with Crippen LogP contribution in [0.5, 0.6) is 23.0 Å². The lowest BCUT2D eigenvalue weighted by Gasteiger charge is -2.09. The van der Waals surface area contributed by atoms with E-state index < -0.39 is 0 Å². The molecule has 2 N–H and O–H groups in total. The second-order valence-electron chi connectivity index (χ2n) is 9.30. The zero-order valence-electron chi connectivity index (χ0n) is 22.2. The van der Waals surface area contributed by atoms with Crippen LogP contribution in [0, 0.1) is 0 Å². The Morgan fingerprint density at radius 2 is 1.02 bits per heavy atom. The average molecular weight is 648 g/mol. The minimum atomic E-state index is 0.182. The molecule has 206 valence electrons. The van der Waals surface area contributed by atoms with Crippen molar-refractivity contribution in [2.45, 2.75) is 0 Å². The van der Waals surface area contributed by atoms with Crippen LogP contribution in [0.3, 0.4) is 0 Å². The zero-order valence-corrected chi connectivity index (χ0v) is 25.3. The summed E-state index contributed by atoms with van der Waals surface area (Å²) in [7, 11) is 3.29. The van der Waals surface area contributed by atoms with Gasteiger partial charge in [0.15, 0.2) is 0 Å². The van der Waals surface area contributed by atoms with Crippen molar-refractivity contribution in [1.29, 1.82) is 0 Å². The number of hydrogen-bond acceptors (Lipinski definition) is 4. The Labute approximate surface area is 256 Å². The number of phenolic OH excluding ortho intramolecular Hbond substituents is 2. The monoisotopic (exact) mass is 646 g/mol. The molecule has 7 heteroatoms. The van der Waals surface area contributed by atoms with Gasteiger partial charge in [-0.1, -0.05) is 53.5 Å². The first kappa shape index (κ1) is 28.6. The van der Waals surface area contributed by atoms with Crippen LogP contribution >= 0.6 is 39.1 Å². The van der Waals surface area contributed by atoms with Gasteiger partial charge in [-0.2, -0.15) is 0 Å². The second-order valence-corrected chi connectivity index (χ2v) is 11.0. The van der Waals surface area contributed by atoms with Crippen LogP contribution in [0.15, 0.2) is 108 Å². The van der Waals surface area contributed by atoms with Gasteiger partial charge in [-0.15, -0.1) is 0 Å². The summed E-state index contributed by atoms with van der Waals surface area (Å²) in [6.07, 6.45) is 0. The molecule has 6 aromatic rings. The van der Waals surface area contributed by atoms with E-state index in [2.05, 4.69) is 22.0 Å². The highest BCUT2D eigenvalue weighted by Gasteiger charge is 2.09. The van der Waals surface area contributed by atoms with Crippen molar-refractivity contribution in [2.24, 2.45) is 0 Å². The third-order valence-corrected chi connectivity index (χ3v) is 7.96. The first-order valence-electron chi connectivity index (χ1n) is 12.6. The summed E-state index contributed by atoms with van der Waals surface area (Å²) in [4.78, 5) is 0. The first-order valence-corrected chi connectivity index (χ1v) is 14.1. The zero-order chi connectivity index (χ0) is 29.1. The van der Waals surface area contributed by atoms with Gasteiger partial charge in [0.05, 0.1) is 18.7 Å². The van der Waals surface area contributed by atoms with Gasteiger partial charge in [-0.3, -0.25) is 0 Å². The molecule has 0 unspecified atom stereocenters. The summed E-state index contributed by atoms with van der Waals surface area (Å²) in [6.45, 7) is 0. The van der Waals surface area contributed by atoms with Gasteiger partial charge in [-0.25, -0.2) is 0 Å². The van der Waals surface area contributed by atoms with Crippen LogP contribution in [-0.2, 0) is 0 Å². The van der Waals surface area contributed by atoms with Crippen LogP contribution in [0.1, 0.15) is 0 Å². The Bertz CT molecular complexity index is 1850. The fraction of sp³-hybridized carbons (Fsp3) is 0.0588. The Hall–Kier alpha value is -3.90. The van der Waals surface area contributed by atoms with E-state index in [0.717, 1.165) is 55.3 Å². The Morgan fingerprint density at radius 3 is 1.54 bits per heavy atom. The highest BCUT2D eigenvalue weighted by molar-refractivity contribution is 9.10. The first-order chi connectivity index (χ1) is 19.7. The number of methoxy groups -OCH3 is 2. The molecule has 0 atom stereocenters. The molecule has 0 saturated carbocycles. The maximum absolute atomic E-state index is 9.77. The van der Waals surface area contributed by atoms with E-state index in [4.69, 9.17) is 32.7 Å². The lowest BCUT2D eigenvalue weighted by atomic mass is 10.0. The predicted molar refractivity (Wildman–Crippen MR) is 173 cm³/mol. The maximum atomic E-state index is 9.77. The second kappa shape index (κ2) is 12.3. The van der Waals surface area contributed by atoms with Gasteiger partial charge in [0.1, 0.15) is 23.0 Å². The summed E-state index contributed by atoms with van der Waals surface area (Å²) in [5, 5.41) is 24.2. The molecule has 0 bridgehead atoms. The number of fused-ring (bicyclic) bond motifs is 2. The van der Waals surface area contributed by atoms with E-state index in [-0.39, 0.29) is 11.5 Å². The van der Waals surface area contributed by atoms with Gasteiger partial charge < -0.3 is 19.7 Å². The lowest BCUT2D eigenvalue weighted by molar-refractivity contribution is 0.415. The van der Waals surface area contributed by atoms with Gasteiger partial charge in [0.2, 0.25) is 0 Å². The molecule has 0 fully saturated rings. The van der Waals surface area contributed by atoms with Crippen molar-refractivity contribution >= 4 is 60.7 Å². The fourth-order valence-electron chi connectivity index (χ4n) is 4.53. The smallest absolute Gasteiger partial charge is 0.130 e. The Morgan fingerprint density at radius 1 is 0.537 bits per heavy atom. The minimum Gasteiger partial charge on any atom is -0.508 e. The number of ether oxygens (including phenoxy) is 2. The maximum Gasteiger partial charge on any atom is 0.130 e. The molecule has 0 amide bonds. The molecule has 6 aromatic carbocycles. The van der Waals surface area contributed by atoms with Crippen LogP contribution in [0.4, 0.5) is 0 Å². The van der Waals surface area contributed by atoms with E-state index in [9.17, 15) is 10.2 Å². The molecular weight excluding hydrogens is 623 g/mol. The van der Waals surface area contributed by atoms with Crippen molar-refractivity contribution < 1.29 is 19.7 Å². The van der Waals surface area contributed by atoms with E-state index in [1.165, 1.54) is 0 Å². The Balaban J connectivity index is 0.000000165. The van der Waals surface area contributed by atoms with Gasteiger partial charge in [-0.05, 0) is 122 Å². The number of benzene rings is 6. The molecule has 6 rings (SSSR count). The van der Waals surface area contributed by atoms with Crippen LogP contribution < -0.4 is 9.47 Å². The van der Waals surface area contributed by atoms with Gasteiger partial charge in [0.25, 0.3) is 0 Å². The summed E-state index contributed by atoms with van der Waals surface area (Å²) < 4.78 is 11.0. The lowest BCUT2D eigenvalue weighted by Crippen LogP contribution is -1.84. The minimum absolute atomic E-state index is 0.182. The fourth-order valence-corrected chi connectivity index (χ4v) is 5.45. The Kier molecular flexibility index (Phi) is 8.60. The van der Waals surface area contributed by atoms with Crippen molar-refractivity contribution in [3.05, 3.63) is 118 Å². The largest absolute Gasteiger partial charge is 0.508 e. The van der Waals surface area contributed by atoms with Crippen LogP contribution in [0.25, 0.3) is 43.8 Å². The third kappa shape index (κ3) is 6.38. The molecular formula is C34H25BrCl2O4. The van der Waals surface area contributed by atoms with Crippen molar-refractivity contribution in [3.8, 4) is 45.3 Å². The van der Waals surface area contributed by atoms with Crippen molar-refractivity contribution in [1.82, 2.24) is 0 Å². The highest BCUT2D eigenvalue weighted by Crippen LogP contribution is 2.37. The standard InChI is InChI=1S/C17H12BrClO2.C17H13ClO2/c1-21-13-4-2-10(3-5-13)11-6-12-7-15(18)17(20)9-14(12)16(19)8-11;1-20-15-6-3-11(4-7-15)13-8-12-2-5-14(19)10-16(12)17(18)9-13/h2-9,20H,1H3;2-10,19H,1H3. The number of aromatic hydroxyl groups is 2. The summed E-state index contributed by atoms with van der Waals surface area (Å²) >= 11 is 16.0. The third-order valence-electron chi connectivity index (χ3n) is 6.70. The van der Waals surface area contributed by atoms with Crippen molar-refractivity contribution in [3.63, 3.8) is 0 Å². The van der Waals surface area contributed by atoms with Crippen molar-refractivity contribution in [2.75, 3.05) is 14.2 Å². The summed E-state index contributed by atoms with van der Waals surface area (Å²) in [5.74, 6) is 2.04. The quantitative estimate of drug-likeness (QED) is 0.200. The molecule has 0 aliphatic carbocycles. The van der Waals surface area contributed by atoms with Crippen LogP contribution in [0.2, 0.25) is 10.0 Å². The topological polar surface area (TPSA) is 58.9 Å². The average Bonchev–Trinajstić information content (AvgIpc) is 2.99. The van der Waals surface area contributed by atoms with E-state index in [1.807, 2.05) is 78.9 Å². The SMILES string of the molecule is COc1ccc(-c2cc(Cl)c3cc(O)c(Br)cc3c2)cc1.COc1ccc(-c2cc(Cl)c3cc(O)ccc3c2)cc1. The van der Waals surface area contributed by atoms with Gasteiger partial charge >= 0.3 is 0 Å². The molecule has 0 heterocycles. The molecule has 0 radical (unpaired) electrons. The van der Waals surface area contributed by atoms with Gasteiger partial charge in [0, 0.05) is 20.8 Å². The highest BCUT2D eigenvalue weighted by atomic mass is 79.9. The molecule has 0 aliphatic rings. The normalized spacial score (nSPS) is 10.8. The number of phenols is 2. The van der Waals surface area contributed by atoms with E-state index in [0.29, 0.717) is 14.5 Å². The molecule has 0 spiro atoms. The molecule has 0 saturated heterocycles. The molecule has 4 nitrogen and oxygen atoms in total. The van der Waals surface area contributed by atoms with Crippen LogP contribution in [-0.4, -0.2) is 24.4 Å². The van der Waals surface area contributed by atoms with E-state index >= 15 is 0 Å². The summed E-state index contributed by atoms with van der Waals surface area (Å²) in [5.41, 5.74) is 4.19. The number of hydrogen-bond donors (Lipinski definition) is 2.